The van der Waals surface area contributed by atoms with Crippen LogP contribution < -0.4 is 5.32 Å². The van der Waals surface area contributed by atoms with Crippen molar-refractivity contribution in [3.05, 3.63) is 35.4 Å². The van der Waals surface area contributed by atoms with Gasteiger partial charge in [0, 0.05) is 12.6 Å². The minimum atomic E-state index is -0.348. The summed E-state index contributed by atoms with van der Waals surface area (Å²) in [5, 5.41) is 13.4. The first-order valence-corrected chi connectivity index (χ1v) is 6.34. The molecule has 2 aliphatic carbocycles. The van der Waals surface area contributed by atoms with Gasteiger partial charge in [-0.15, -0.1) is 0 Å². The summed E-state index contributed by atoms with van der Waals surface area (Å²) in [5.41, 5.74) is 2.47. The molecule has 2 saturated carbocycles. The lowest BCUT2D eigenvalue weighted by Gasteiger charge is -2.13. The van der Waals surface area contributed by atoms with Crippen LogP contribution in [0.25, 0.3) is 0 Å². The molecular weight excluding hydrogens is 198 g/mol. The highest BCUT2D eigenvalue weighted by molar-refractivity contribution is 5.30. The minimum absolute atomic E-state index is 0.348. The minimum Gasteiger partial charge on any atom is -0.387 e. The zero-order valence-electron chi connectivity index (χ0n) is 9.52. The van der Waals surface area contributed by atoms with Crippen LogP contribution in [-0.2, 0) is 0 Å². The molecule has 0 bridgehead atoms. The van der Waals surface area contributed by atoms with Gasteiger partial charge in [-0.1, -0.05) is 24.3 Å². The van der Waals surface area contributed by atoms with Crippen molar-refractivity contribution in [1.29, 1.82) is 0 Å². The third kappa shape index (κ3) is 2.45. The molecule has 0 radical (unpaired) electrons. The molecule has 3 rings (SSSR count). The Kier molecular flexibility index (Phi) is 2.70. The Morgan fingerprint density at radius 2 is 2.06 bits per heavy atom. The highest BCUT2D eigenvalue weighted by Crippen LogP contribution is 2.40. The van der Waals surface area contributed by atoms with Gasteiger partial charge in [-0.05, 0) is 42.7 Å². The second-order valence-corrected chi connectivity index (χ2v) is 5.14. The van der Waals surface area contributed by atoms with Crippen LogP contribution >= 0.6 is 0 Å². The quantitative estimate of drug-likeness (QED) is 0.793. The van der Waals surface area contributed by atoms with E-state index in [1.165, 1.54) is 31.2 Å². The molecule has 0 amide bonds. The molecule has 16 heavy (non-hydrogen) atoms. The fraction of sp³-hybridized carbons (Fsp3) is 0.571. The summed E-state index contributed by atoms with van der Waals surface area (Å²) in [5.74, 6) is 0.767. The fourth-order valence-corrected chi connectivity index (χ4v) is 2.12. The van der Waals surface area contributed by atoms with E-state index in [1.54, 1.807) is 0 Å². The second-order valence-electron chi connectivity index (χ2n) is 5.14. The Hall–Kier alpha value is -0.860. The van der Waals surface area contributed by atoms with Gasteiger partial charge in [0.25, 0.3) is 0 Å². The zero-order chi connectivity index (χ0) is 11.0. The maximum atomic E-state index is 10.1. The predicted octanol–water partition coefficient (Wildman–Crippen LogP) is 2.35. The number of hydrogen-bond donors (Lipinski definition) is 2. The standard InChI is InChI=1S/C14H19NO/c16-14(9-15-13-6-7-13)12-3-1-2-11(8-12)10-4-5-10/h1-3,8,10,13-16H,4-7,9H2. The van der Waals surface area contributed by atoms with Crippen molar-refractivity contribution in [2.75, 3.05) is 6.54 Å². The van der Waals surface area contributed by atoms with Gasteiger partial charge in [-0.25, -0.2) is 0 Å². The van der Waals surface area contributed by atoms with E-state index in [0.717, 1.165) is 11.5 Å². The van der Waals surface area contributed by atoms with Crippen LogP contribution in [-0.4, -0.2) is 17.7 Å². The van der Waals surface area contributed by atoms with Crippen LogP contribution in [0, 0.1) is 0 Å². The molecule has 2 aliphatic rings. The first-order valence-electron chi connectivity index (χ1n) is 6.34. The van der Waals surface area contributed by atoms with Crippen molar-refractivity contribution in [1.82, 2.24) is 5.32 Å². The number of nitrogens with one attached hydrogen (secondary N) is 1. The molecule has 0 heterocycles. The van der Waals surface area contributed by atoms with Crippen molar-refractivity contribution >= 4 is 0 Å². The van der Waals surface area contributed by atoms with Crippen molar-refractivity contribution < 1.29 is 5.11 Å². The van der Waals surface area contributed by atoms with Gasteiger partial charge in [0.2, 0.25) is 0 Å². The smallest absolute Gasteiger partial charge is 0.0914 e. The molecule has 0 saturated heterocycles. The molecule has 86 valence electrons. The molecule has 1 unspecified atom stereocenters. The van der Waals surface area contributed by atoms with E-state index in [-0.39, 0.29) is 6.10 Å². The molecule has 2 N–H and O–H groups in total. The van der Waals surface area contributed by atoms with E-state index in [2.05, 4.69) is 23.5 Å². The number of hydrogen-bond acceptors (Lipinski definition) is 2. The zero-order valence-corrected chi connectivity index (χ0v) is 9.52. The first-order chi connectivity index (χ1) is 7.83. The third-order valence-electron chi connectivity index (χ3n) is 3.52. The SMILES string of the molecule is OC(CNC1CC1)c1cccc(C2CC2)c1. The molecule has 1 aromatic rings. The largest absolute Gasteiger partial charge is 0.387 e. The molecule has 1 atom stereocenters. The summed E-state index contributed by atoms with van der Waals surface area (Å²) in [4.78, 5) is 0. The van der Waals surface area contributed by atoms with Crippen molar-refractivity contribution in [2.45, 2.75) is 43.7 Å². The second kappa shape index (κ2) is 4.19. The number of aliphatic hydroxyl groups is 1. The van der Waals surface area contributed by atoms with Crippen molar-refractivity contribution in [2.24, 2.45) is 0 Å². The van der Waals surface area contributed by atoms with Crippen LogP contribution in [0.5, 0.6) is 0 Å². The number of aliphatic hydroxyl groups excluding tert-OH is 1. The lowest BCUT2D eigenvalue weighted by atomic mass is 10.0. The topological polar surface area (TPSA) is 32.3 Å². The summed E-state index contributed by atoms with van der Waals surface area (Å²) < 4.78 is 0. The Morgan fingerprint density at radius 3 is 2.75 bits per heavy atom. The maximum absolute atomic E-state index is 10.1. The Labute approximate surface area is 96.7 Å². The van der Waals surface area contributed by atoms with Crippen LogP contribution in [0.2, 0.25) is 0 Å². The lowest BCUT2D eigenvalue weighted by Crippen LogP contribution is -2.23. The summed E-state index contributed by atoms with van der Waals surface area (Å²) >= 11 is 0. The molecule has 2 nitrogen and oxygen atoms in total. The van der Waals surface area contributed by atoms with Crippen molar-refractivity contribution in [3.8, 4) is 0 Å². The van der Waals surface area contributed by atoms with Crippen molar-refractivity contribution in [3.63, 3.8) is 0 Å². The van der Waals surface area contributed by atoms with Gasteiger partial charge in [0.15, 0.2) is 0 Å². The van der Waals surface area contributed by atoms with Gasteiger partial charge < -0.3 is 10.4 Å². The Morgan fingerprint density at radius 1 is 1.25 bits per heavy atom. The van der Waals surface area contributed by atoms with Crippen LogP contribution in [0.15, 0.2) is 24.3 Å². The Balaban J connectivity index is 1.64. The fourth-order valence-electron chi connectivity index (χ4n) is 2.12. The molecule has 0 aliphatic heterocycles. The molecule has 2 fully saturated rings. The third-order valence-corrected chi connectivity index (χ3v) is 3.52. The van der Waals surface area contributed by atoms with Gasteiger partial charge in [-0.3, -0.25) is 0 Å². The van der Waals surface area contributed by atoms with Crippen LogP contribution in [0.4, 0.5) is 0 Å². The van der Waals surface area contributed by atoms with Gasteiger partial charge in [0.05, 0.1) is 6.10 Å². The first kappa shape index (κ1) is 10.3. The average Bonchev–Trinajstić information content (AvgIpc) is 3.19. The highest BCUT2D eigenvalue weighted by Gasteiger charge is 2.25. The van der Waals surface area contributed by atoms with Gasteiger partial charge in [0.1, 0.15) is 0 Å². The van der Waals surface area contributed by atoms with E-state index in [4.69, 9.17) is 0 Å². The van der Waals surface area contributed by atoms with Gasteiger partial charge >= 0.3 is 0 Å². The predicted molar refractivity (Wildman–Crippen MR) is 64.4 cm³/mol. The monoisotopic (exact) mass is 217 g/mol. The van der Waals surface area contributed by atoms with E-state index in [0.29, 0.717) is 12.6 Å². The Bertz CT molecular complexity index is 369. The van der Waals surface area contributed by atoms with E-state index in [1.807, 2.05) is 6.07 Å². The lowest BCUT2D eigenvalue weighted by molar-refractivity contribution is 0.174. The highest BCUT2D eigenvalue weighted by atomic mass is 16.3. The van der Waals surface area contributed by atoms with Gasteiger partial charge in [-0.2, -0.15) is 0 Å². The average molecular weight is 217 g/mol. The van der Waals surface area contributed by atoms with E-state index >= 15 is 0 Å². The summed E-state index contributed by atoms with van der Waals surface area (Å²) in [6.07, 6.45) is 4.84. The van der Waals surface area contributed by atoms with Crippen LogP contribution in [0.1, 0.15) is 48.8 Å². The maximum Gasteiger partial charge on any atom is 0.0914 e. The molecule has 0 spiro atoms. The summed E-state index contributed by atoms with van der Waals surface area (Å²) in [7, 11) is 0. The van der Waals surface area contributed by atoms with E-state index in [9.17, 15) is 5.11 Å². The van der Waals surface area contributed by atoms with Crippen LogP contribution in [0.3, 0.4) is 0 Å². The summed E-state index contributed by atoms with van der Waals surface area (Å²) in [6.45, 7) is 0.693. The number of rotatable bonds is 5. The normalized spacial score (nSPS) is 22.1. The molecule has 0 aromatic heterocycles. The number of benzene rings is 1. The molecule has 2 heteroatoms. The van der Waals surface area contributed by atoms with E-state index < -0.39 is 0 Å². The molecule has 1 aromatic carbocycles. The summed E-state index contributed by atoms with van der Waals surface area (Å²) in [6, 6.07) is 9.13. The molecular formula is C14H19NO.